The molecule has 0 unspecified atom stereocenters. The van der Waals surface area contributed by atoms with Crippen LogP contribution in [0.15, 0.2) is 78.9 Å². The van der Waals surface area contributed by atoms with Gasteiger partial charge in [0.1, 0.15) is 11.5 Å². The Labute approximate surface area is 172 Å². The number of amides is 1. The van der Waals surface area contributed by atoms with Crippen molar-refractivity contribution in [2.45, 2.75) is 26.2 Å². The van der Waals surface area contributed by atoms with Crippen LogP contribution in [0, 0.1) is 0 Å². The zero-order valence-electron chi connectivity index (χ0n) is 16.8. The van der Waals surface area contributed by atoms with Gasteiger partial charge in [-0.1, -0.05) is 55.8 Å². The minimum Gasteiger partial charge on any atom is -0.493 e. The number of rotatable bonds is 10. The van der Waals surface area contributed by atoms with Crippen molar-refractivity contribution < 1.29 is 14.3 Å². The van der Waals surface area contributed by atoms with Gasteiger partial charge in [0.2, 0.25) is 0 Å². The minimum absolute atomic E-state index is 0.185. The Bertz CT molecular complexity index is 891. The molecule has 3 rings (SSSR count). The maximum Gasteiger partial charge on any atom is 0.259 e. The molecule has 0 aliphatic heterocycles. The van der Waals surface area contributed by atoms with Gasteiger partial charge in [0.15, 0.2) is 0 Å². The second-order valence-corrected chi connectivity index (χ2v) is 6.76. The van der Waals surface area contributed by atoms with Crippen LogP contribution in [0.5, 0.6) is 11.5 Å². The van der Waals surface area contributed by atoms with E-state index in [0.29, 0.717) is 30.2 Å². The first-order valence-electron chi connectivity index (χ1n) is 10.1. The number of carbonyl (C=O) groups is 1. The van der Waals surface area contributed by atoms with Crippen molar-refractivity contribution in [1.82, 2.24) is 0 Å². The lowest BCUT2D eigenvalue weighted by Crippen LogP contribution is -2.14. The molecule has 4 heteroatoms. The first kappa shape index (κ1) is 20.5. The molecule has 0 fully saturated rings. The third kappa shape index (κ3) is 6.39. The number of hydrogen-bond acceptors (Lipinski definition) is 3. The molecule has 4 nitrogen and oxygen atoms in total. The maximum absolute atomic E-state index is 12.7. The zero-order chi connectivity index (χ0) is 20.3. The van der Waals surface area contributed by atoms with E-state index < -0.39 is 0 Å². The standard InChI is InChI=1S/C25H27NO3/c1-2-3-18-29-24-12-8-7-11-23(24)25(27)26-21-13-15-22(16-14-21)28-19-17-20-9-5-4-6-10-20/h4-16H,2-3,17-19H2,1H3,(H,26,27). The molecule has 0 aromatic heterocycles. The van der Waals surface area contributed by atoms with Gasteiger partial charge in [0, 0.05) is 12.1 Å². The molecular weight excluding hydrogens is 362 g/mol. The van der Waals surface area contributed by atoms with Crippen LogP contribution in [0.3, 0.4) is 0 Å². The van der Waals surface area contributed by atoms with Gasteiger partial charge >= 0.3 is 0 Å². The van der Waals surface area contributed by atoms with Crippen LogP contribution in [0.25, 0.3) is 0 Å². The Morgan fingerprint density at radius 1 is 0.828 bits per heavy atom. The second kappa shape index (κ2) is 10.9. The fourth-order valence-corrected chi connectivity index (χ4v) is 2.87. The van der Waals surface area contributed by atoms with Crippen LogP contribution in [0.4, 0.5) is 5.69 Å². The van der Waals surface area contributed by atoms with Gasteiger partial charge in [-0.3, -0.25) is 4.79 Å². The molecule has 0 saturated carbocycles. The minimum atomic E-state index is -0.185. The van der Waals surface area contributed by atoms with Crippen molar-refractivity contribution in [1.29, 1.82) is 0 Å². The van der Waals surface area contributed by atoms with E-state index in [1.807, 2.05) is 60.7 Å². The number of benzene rings is 3. The SMILES string of the molecule is CCCCOc1ccccc1C(=O)Nc1ccc(OCCc2ccccc2)cc1. The Hall–Kier alpha value is -3.27. The molecular formula is C25H27NO3. The molecule has 0 spiro atoms. The van der Waals surface area contributed by atoms with Crippen molar-refractivity contribution in [3.8, 4) is 11.5 Å². The number of nitrogens with one attached hydrogen (secondary N) is 1. The van der Waals surface area contributed by atoms with Gasteiger partial charge in [-0.2, -0.15) is 0 Å². The first-order chi connectivity index (χ1) is 14.3. The molecule has 0 aliphatic rings. The molecule has 0 heterocycles. The molecule has 0 bridgehead atoms. The van der Waals surface area contributed by atoms with E-state index in [-0.39, 0.29) is 5.91 Å². The number of ether oxygens (including phenoxy) is 2. The lowest BCUT2D eigenvalue weighted by Gasteiger charge is -2.12. The molecule has 150 valence electrons. The number of anilines is 1. The smallest absolute Gasteiger partial charge is 0.259 e. The Balaban J connectivity index is 1.53. The Morgan fingerprint density at radius 3 is 2.31 bits per heavy atom. The Kier molecular flexibility index (Phi) is 7.70. The molecule has 1 amide bonds. The topological polar surface area (TPSA) is 47.6 Å². The largest absolute Gasteiger partial charge is 0.493 e. The van der Waals surface area contributed by atoms with Crippen LogP contribution >= 0.6 is 0 Å². The third-order valence-electron chi connectivity index (χ3n) is 4.50. The molecule has 0 radical (unpaired) electrons. The summed E-state index contributed by atoms with van der Waals surface area (Å²) in [7, 11) is 0. The van der Waals surface area contributed by atoms with E-state index in [0.717, 1.165) is 25.0 Å². The van der Waals surface area contributed by atoms with Crippen LogP contribution < -0.4 is 14.8 Å². The molecule has 0 saturated heterocycles. The van der Waals surface area contributed by atoms with E-state index in [2.05, 4.69) is 24.4 Å². The summed E-state index contributed by atoms with van der Waals surface area (Å²) < 4.78 is 11.6. The molecule has 3 aromatic rings. The maximum atomic E-state index is 12.7. The summed E-state index contributed by atoms with van der Waals surface area (Å²) in [5.41, 5.74) is 2.50. The van der Waals surface area contributed by atoms with E-state index in [4.69, 9.17) is 9.47 Å². The fraction of sp³-hybridized carbons (Fsp3) is 0.240. The average Bonchev–Trinajstić information content (AvgIpc) is 2.76. The normalized spacial score (nSPS) is 10.4. The summed E-state index contributed by atoms with van der Waals surface area (Å²) in [6, 6.07) is 25.0. The van der Waals surface area contributed by atoms with Crippen LogP contribution in [-0.4, -0.2) is 19.1 Å². The van der Waals surface area contributed by atoms with Crippen molar-refractivity contribution in [2.75, 3.05) is 18.5 Å². The summed E-state index contributed by atoms with van der Waals surface area (Å²) in [6.45, 7) is 3.32. The van der Waals surface area contributed by atoms with Gasteiger partial charge in [-0.25, -0.2) is 0 Å². The van der Waals surface area contributed by atoms with Crippen molar-refractivity contribution in [2.24, 2.45) is 0 Å². The summed E-state index contributed by atoms with van der Waals surface area (Å²) in [5.74, 6) is 1.20. The van der Waals surface area contributed by atoms with Crippen LogP contribution in [0.2, 0.25) is 0 Å². The quantitative estimate of drug-likeness (QED) is 0.450. The van der Waals surface area contributed by atoms with E-state index in [1.54, 1.807) is 6.07 Å². The van der Waals surface area contributed by atoms with Gasteiger partial charge in [-0.15, -0.1) is 0 Å². The predicted octanol–water partition coefficient (Wildman–Crippen LogP) is 5.74. The van der Waals surface area contributed by atoms with E-state index in [9.17, 15) is 4.79 Å². The summed E-state index contributed by atoms with van der Waals surface area (Å²) in [4.78, 5) is 12.7. The highest BCUT2D eigenvalue weighted by Gasteiger charge is 2.12. The van der Waals surface area contributed by atoms with Crippen molar-refractivity contribution in [3.63, 3.8) is 0 Å². The molecule has 3 aromatic carbocycles. The number of carbonyl (C=O) groups excluding carboxylic acids is 1. The average molecular weight is 389 g/mol. The highest BCUT2D eigenvalue weighted by Crippen LogP contribution is 2.21. The fourth-order valence-electron chi connectivity index (χ4n) is 2.87. The van der Waals surface area contributed by atoms with Crippen LogP contribution in [0.1, 0.15) is 35.7 Å². The van der Waals surface area contributed by atoms with E-state index >= 15 is 0 Å². The molecule has 0 atom stereocenters. The zero-order valence-corrected chi connectivity index (χ0v) is 16.8. The van der Waals surface area contributed by atoms with Gasteiger partial charge < -0.3 is 14.8 Å². The highest BCUT2D eigenvalue weighted by molar-refractivity contribution is 6.06. The number of para-hydroxylation sites is 1. The summed E-state index contributed by atoms with van der Waals surface area (Å²) in [6.07, 6.45) is 2.87. The molecule has 1 N–H and O–H groups in total. The van der Waals surface area contributed by atoms with Gasteiger partial charge in [0.25, 0.3) is 5.91 Å². The van der Waals surface area contributed by atoms with Gasteiger partial charge in [-0.05, 0) is 48.4 Å². The van der Waals surface area contributed by atoms with Crippen molar-refractivity contribution in [3.05, 3.63) is 90.0 Å². The summed E-state index contributed by atoms with van der Waals surface area (Å²) >= 11 is 0. The van der Waals surface area contributed by atoms with Crippen LogP contribution in [-0.2, 0) is 6.42 Å². The lowest BCUT2D eigenvalue weighted by molar-refractivity contribution is 0.102. The third-order valence-corrected chi connectivity index (χ3v) is 4.50. The predicted molar refractivity (Wildman–Crippen MR) is 117 cm³/mol. The molecule has 0 aliphatic carbocycles. The number of unbranched alkanes of at least 4 members (excludes halogenated alkanes) is 1. The van der Waals surface area contributed by atoms with Gasteiger partial charge in [0.05, 0.1) is 18.8 Å². The lowest BCUT2D eigenvalue weighted by atomic mass is 10.1. The first-order valence-corrected chi connectivity index (χ1v) is 10.1. The Morgan fingerprint density at radius 2 is 1.55 bits per heavy atom. The monoisotopic (exact) mass is 389 g/mol. The van der Waals surface area contributed by atoms with Crippen molar-refractivity contribution >= 4 is 11.6 Å². The number of hydrogen-bond donors (Lipinski definition) is 1. The summed E-state index contributed by atoms with van der Waals surface area (Å²) in [5, 5.41) is 2.92. The van der Waals surface area contributed by atoms with E-state index in [1.165, 1.54) is 5.56 Å². The second-order valence-electron chi connectivity index (χ2n) is 6.76. The molecule has 29 heavy (non-hydrogen) atoms. The highest BCUT2D eigenvalue weighted by atomic mass is 16.5.